The van der Waals surface area contributed by atoms with Gasteiger partial charge in [0.25, 0.3) is 0 Å². The van der Waals surface area contributed by atoms with Crippen LogP contribution in [0.15, 0.2) is 28.7 Å². The lowest BCUT2D eigenvalue weighted by Crippen LogP contribution is -2.08. The van der Waals surface area contributed by atoms with Crippen molar-refractivity contribution in [3.63, 3.8) is 0 Å². The quantitative estimate of drug-likeness (QED) is 0.905. The number of aryl methyl sites for hydroxylation is 2. The highest BCUT2D eigenvalue weighted by Crippen LogP contribution is 2.32. The van der Waals surface area contributed by atoms with Crippen molar-refractivity contribution in [2.45, 2.75) is 39.5 Å². The molecular formula is C16H17F3O2. The number of halogens is 3. The van der Waals surface area contributed by atoms with E-state index in [1.54, 1.807) is 19.9 Å². The largest absolute Gasteiger partial charge is 0.466 e. The van der Waals surface area contributed by atoms with E-state index in [1.165, 1.54) is 6.07 Å². The van der Waals surface area contributed by atoms with E-state index in [2.05, 4.69) is 0 Å². The molecule has 1 unspecified atom stereocenters. The Morgan fingerprint density at radius 1 is 1.14 bits per heavy atom. The number of furan rings is 1. The highest BCUT2D eigenvalue weighted by molar-refractivity contribution is 5.35. The molecule has 1 N–H and O–H groups in total. The van der Waals surface area contributed by atoms with E-state index in [9.17, 15) is 18.3 Å². The molecule has 2 aromatic rings. The summed E-state index contributed by atoms with van der Waals surface area (Å²) >= 11 is 0. The summed E-state index contributed by atoms with van der Waals surface area (Å²) in [5.74, 6) is 1.31. The van der Waals surface area contributed by atoms with E-state index in [1.807, 2.05) is 6.92 Å². The van der Waals surface area contributed by atoms with Crippen LogP contribution in [0.4, 0.5) is 13.2 Å². The van der Waals surface area contributed by atoms with E-state index in [4.69, 9.17) is 4.42 Å². The van der Waals surface area contributed by atoms with Crippen molar-refractivity contribution in [3.05, 3.63) is 58.0 Å². The Labute approximate surface area is 121 Å². The van der Waals surface area contributed by atoms with Crippen molar-refractivity contribution in [1.29, 1.82) is 0 Å². The third-order valence-electron chi connectivity index (χ3n) is 3.63. The van der Waals surface area contributed by atoms with Crippen molar-refractivity contribution in [3.8, 4) is 0 Å². The van der Waals surface area contributed by atoms with Crippen LogP contribution in [0.5, 0.6) is 0 Å². The summed E-state index contributed by atoms with van der Waals surface area (Å²) < 4.78 is 43.5. The number of hydrogen-bond donors (Lipinski definition) is 1. The van der Waals surface area contributed by atoms with Gasteiger partial charge in [0.05, 0.1) is 11.7 Å². The monoisotopic (exact) mass is 298 g/mol. The third-order valence-corrected chi connectivity index (χ3v) is 3.63. The van der Waals surface area contributed by atoms with Gasteiger partial charge in [-0.1, -0.05) is 18.2 Å². The molecule has 1 atom stereocenters. The highest BCUT2D eigenvalue weighted by atomic mass is 19.4. The van der Waals surface area contributed by atoms with Crippen LogP contribution in [0.1, 0.15) is 39.9 Å². The maximum absolute atomic E-state index is 12.7. The van der Waals surface area contributed by atoms with Gasteiger partial charge in [-0.25, -0.2) is 0 Å². The van der Waals surface area contributed by atoms with Crippen molar-refractivity contribution in [2.24, 2.45) is 0 Å². The molecule has 1 aromatic carbocycles. The zero-order chi connectivity index (χ0) is 15.8. The SMILES string of the molecule is Cc1oc(C)c(C(O)Cc2cccc(C(F)(F)F)c2)c1C. The number of aliphatic hydroxyl groups excluding tert-OH is 1. The summed E-state index contributed by atoms with van der Waals surface area (Å²) in [6, 6.07) is 5.02. The van der Waals surface area contributed by atoms with E-state index >= 15 is 0 Å². The van der Waals surface area contributed by atoms with Crippen molar-refractivity contribution in [1.82, 2.24) is 0 Å². The zero-order valence-corrected chi connectivity index (χ0v) is 12.1. The van der Waals surface area contributed by atoms with Crippen LogP contribution in [0.25, 0.3) is 0 Å². The second-order valence-corrected chi connectivity index (χ2v) is 5.17. The molecule has 2 rings (SSSR count). The first-order chi connectivity index (χ1) is 9.70. The van der Waals surface area contributed by atoms with E-state index in [0.717, 1.165) is 17.7 Å². The minimum absolute atomic E-state index is 0.116. The molecule has 5 heteroatoms. The summed E-state index contributed by atoms with van der Waals surface area (Å²) in [5.41, 5.74) is 1.23. The van der Waals surface area contributed by atoms with Crippen LogP contribution in [0, 0.1) is 20.8 Å². The Morgan fingerprint density at radius 2 is 1.81 bits per heavy atom. The molecule has 0 bridgehead atoms. The number of alkyl halides is 3. The second-order valence-electron chi connectivity index (χ2n) is 5.17. The average Bonchev–Trinajstić information content (AvgIpc) is 2.62. The molecule has 0 saturated heterocycles. The van der Waals surface area contributed by atoms with Gasteiger partial charge in [0.15, 0.2) is 0 Å². The number of rotatable bonds is 3. The molecule has 0 aliphatic heterocycles. The Bertz CT molecular complexity index is 641. The molecule has 0 spiro atoms. The van der Waals surface area contributed by atoms with Gasteiger partial charge in [-0.05, 0) is 38.0 Å². The first-order valence-corrected chi connectivity index (χ1v) is 6.61. The van der Waals surface area contributed by atoms with Gasteiger partial charge in [0.1, 0.15) is 11.5 Å². The third kappa shape index (κ3) is 3.29. The first-order valence-electron chi connectivity index (χ1n) is 6.61. The molecular weight excluding hydrogens is 281 g/mol. The van der Waals surface area contributed by atoms with Crippen molar-refractivity contribution >= 4 is 0 Å². The lowest BCUT2D eigenvalue weighted by molar-refractivity contribution is -0.137. The van der Waals surface area contributed by atoms with E-state index < -0.39 is 17.8 Å². The highest BCUT2D eigenvalue weighted by Gasteiger charge is 2.30. The van der Waals surface area contributed by atoms with E-state index in [-0.39, 0.29) is 6.42 Å². The minimum Gasteiger partial charge on any atom is -0.466 e. The Hall–Kier alpha value is -1.75. The number of hydrogen-bond acceptors (Lipinski definition) is 2. The lowest BCUT2D eigenvalue weighted by Gasteiger charge is -2.13. The molecule has 2 nitrogen and oxygen atoms in total. The fourth-order valence-corrected chi connectivity index (χ4v) is 2.50. The molecule has 0 saturated carbocycles. The zero-order valence-electron chi connectivity index (χ0n) is 12.1. The van der Waals surface area contributed by atoms with E-state index in [0.29, 0.717) is 22.6 Å². The summed E-state index contributed by atoms with van der Waals surface area (Å²) in [6.45, 7) is 5.37. The Morgan fingerprint density at radius 3 is 2.33 bits per heavy atom. The molecule has 114 valence electrons. The van der Waals surface area contributed by atoms with Gasteiger partial charge in [-0.3, -0.25) is 0 Å². The predicted octanol–water partition coefficient (Wildman–Crippen LogP) is 4.50. The van der Waals surface area contributed by atoms with Gasteiger partial charge >= 0.3 is 6.18 Å². The summed E-state index contributed by atoms with van der Waals surface area (Å²) in [5, 5.41) is 10.3. The fraction of sp³-hybridized carbons (Fsp3) is 0.375. The number of benzene rings is 1. The Balaban J connectivity index is 2.26. The van der Waals surface area contributed by atoms with Gasteiger partial charge in [0, 0.05) is 12.0 Å². The van der Waals surface area contributed by atoms with Gasteiger partial charge in [0.2, 0.25) is 0 Å². The fourth-order valence-electron chi connectivity index (χ4n) is 2.50. The van der Waals surface area contributed by atoms with Crippen LogP contribution < -0.4 is 0 Å². The smallest absolute Gasteiger partial charge is 0.416 e. The summed E-state index contributed by atoms with van der Waals surface area (Å²) in [7, 11) is 0. The average molecular weight is 298 g/mol. The molecule has 0 radical (unpaired) electrons. The van der Waals surface area contributed by atoms with Crippen LogP contribution >= 0.6 is 0 Å². The standard InChI is InChI=1S/C16H17F3O2/c1-9-10(2)21-11(3)15(9)14(20)8-12-5-4-6-13(7-12)16(17,18)19/h4-7,14,20H,8H2,1-3H3. The van der Waals surface area contributed by atoms with Gasteiger partial charge < -0.3 is 9.52 Å². The molecule has 0 amide bonds. The van der Waals surface area contributed by atoms with Gasteiger partial charge in [-0.2, -0.15) is 13.2 Å². The van der Waals surface area contributed by atoms with Crippen molar-refractivity contribution < 1.29 is 22.7 Å². The maximum Gasteiger partial charge on any atom is 0.416 e. The van der Waals surface area contributed by atoms with Crippen LogP contribution in [0.3, 0.4) is 0 Å². The molecule has 1 aromatic heterocycles. The van der Waals surface area contributed by atoms with Crippen LogP contribution in [-0.2, 0) is 12.6 Å². The molecule has 21 heavy (non-hydrogen) atoms. The second kappa shape index (κ2) is 5.56. The first kappa shape index (κ1) is 15.6. The summed E-state index contributed by atoms with van der Waals surface area (Å²) in [4.78, 5) is 0. The molecule has 0 aliphatic carbocycles. The normalized spacial score (nSPS) is 13.5. The molecule has 0 fully saturated rings. The lowest BCUT2D eigenvalue weighted by atomic mass is 9.97. The van der Waals surface area contributed by atoms with Crippen molar-refractivity contribution in [2.75, 3.05) is 0 Å². The molecule has 1 heterocycles. The topological polar surface area (TPSA) is 33.4 Å². The maximum atomic E-state index is 12.7. The minimum atomic E-state index is -4.38. The molecule has 0 aliphatic rings. The van der Waals surface area contributed by atoms with Crippen LogP contribution in [-0.4, -0.2) is 5.11 Å². The summed E-state index contributed by atoms with van der Waals surface area (Å²) in [6.07, 6.45) is -5.14. The predicted molar refractivity (Wildman–Crippen MR) is 73.0 cm³/mol. The number of aliphatic hydroxyl groups is 1. The van der Waals surface area contributed by atoms with Gasteiger partial charge in [-0.15, -0.1) is 0 Å². The Kier molecular flexibility index (Phi) is 4.14. The van der Waals surface area contributed by atoms with Crippen LogP contribution in [0.2, 0.25) is 0 Å².